The third kappa shape index (κ3) is 5.11. The zero-order valence-electron chi connectivity index (χ0n) is 11.6. The number of aromatic nitrogens is 1. The van der Waals surface area contributed by atoms with Gasteiger partial charge >= 0.3 is 0 Å². The molecule has 1 amide bonds. The van der Waals surface area contributed by atoms with Crippen molar-refractivity contribution in [3.8, 4) is 11.8 Å². The van der Waals surface area contributed by atoms with Gasteiger partial charge in [0.05, 0.1) is 12.1 Å². The van der Waals surface area contributed by atoms with Crippen LogP contribution in [-0.4, -0.2) is 23.5 Å². The lowest BCUT2D eigenvalue weighted by Crippen LogP contribution is -2.34. The average molecular weight is 259 g/mol. The number of pyridine rings is 1. The Morgan fingerprint density at radius 3 is 2.89 bits per heavy atom. The molecule has 0 aliphatic heterocycles. The van der Waals surface area contributed by atoms with Gasteiger partial charge in [-0.15, -0.1) is 0 Å². The zero-order chi connectivity index (χ0) is 14.1. The lowest BCUT2D eigenvalue weighted by Gasteiger charge is -2.15. The molecule has 1 atom stereocenters. The molecule has 4 nitrogen and oxygen atoms in total. The van der Waals surface area contributed by atoms with Gasteiger partial charge in [-0.25, -0.2) is 0 Å². The molecule has 0 spiro atoms. The van der Waals surface area contributed by atoms with E-state index in [1.54, 1.807) is 18.5 Å². The number of hydrogen-bond acceptors (Lipinski definition) is 3. The lowest BCUT2D eigenvalue weighted by atomic mass is 10.1. The molecular formula is C15H21N3O. The minimum atomic E-state index is -0.0933. The van der Waals surface area contributed by atoms with Crippen LogP contribution < -0.4 is 11.1 Å². The Morgan fingerprint density at radius 2 is 2.26 bits per heavy atom. The van der Waals surface area contributed by atoms with Gasteiger partial charge in [-0.3, -0.25) is 9.78 Å². The zero-order valence-corrected chi connectivity index (χ0v) is 11.6. The van der Waals surface area contributed by atoms with Crippen LogP contribution in [0.2, 0.25) is 0 Å². The Labute approximate surface area is 114 Å². The molecule has 0 aromatic carbocycles. The summed E-state index contributed by atoms with van der Waals surface area (Å²) in [5.41, 5.74) is 6.57. The normalized spacial score (nSPS) is 11.3. The van der Waals surface area contributed by atoms with E-state index in [1.165, 1.54) is 0 Å². The van der Waals surface area contributed by atoms with E-state index >= 15 is 0 Å². The van der Waals surface area contributed by atoms with E-state index in [9.17, 15) is 4.79 Å². The average Bonchev–Trinajstić information content (AvgIpc) is 2.44. The van der Waals surface area contributed by atoms with E-state index < -0.39 is 0 Å². The first-order chi connectivity index (χ1) is 9.21. The van der Waals surface area contributed by atoms with Crippen LogP contribution in [0.3, 0.4) is 0 Å². The number of carbonyl (C=O) groups is 1. The van der Waals surface area contributed by atoms with Gasteiger partial charge in [0.15, 0.2) is 0 Å². The van der Waals surface area contributed by atoms with Crippen LogP contribution in [-0.2, 0) is 0 Å². The van der Waals surface area contributed by atoms with Gasteiger partial charge in [-0.05, 0) is 18.9 Å². The largest absolute Gasteiger partial charge is 0.349 e. The van der Waals surface area contributed by atoms with Crippen molar-refractivity contribution in [3.05, 3.63) is 29.6 Å². The Balaban J connectivity index is 2.76. The molecule has 1 unspecified atom stereocenters. The van der Waals surface area contributed by atoms with Crippen molar-refractivity contribution < 1.29 is 4.79 Å². The maximum atomic E-state index is 12.1. The van der Waals surface area contributed by atoms with Crippen LogP contribution in [0, 0.1) is 11.8 Å². The highest BCUT2D eigenvalue weighted by Gasteiger charge is 2.11. The smallest absolute Gasteiger partial charge is 0.253 e. The monoisotopic (exact) mass is 259 g/mol. The Hall–Kier alpha value is -1.86. The van der Waals surface area contributed by atoms with Crippen LogP contribution in [0.5, 0.6) is 0 Å². The molecule has 102 valence electrons. The van der Waals surface area contributed by atoms with Gasteiger partial charge in [0.25, 0.3) is 5.91 Å². The Kier molecular flexibility index (Phi) is 6.62. The van der Waals surface area contributed by atoms with Gasteiger partial charge in [0, 0.05) is 24.0 Å². The number of amides is 1. The Morgan fingerprint density at radius 1 is 1.47 bits per heavy atom. The highest BCUT2D eigenvalue weighted by molar-refractivity contribution is 5.94. The molecule has 1 rings (SSSR count). The number of rotatable bonds is 5. The molecule has 1 aromatic rings. The minimum absolute atomic E-state index is 0.0933. The van der Waals surface area contributed by atoms with Gasteiger partial charge in [0.2, 0.25) is 0 Å². The van der Waals surface area contributed by atoms with E-state index in [-0.39, 0.29) is 11.9 Å². The number of carbonyl (C=O) groups excluding carboxylic acids is 1. The van der Waals surface area contributed by atoms with Crippen LogP contribution in [0.25, 0.3) is 0 Å². The van der Waals surface area contributed by atoms with Crippen molar-refractivity contribution in [2.45, 2.75) is 39.2 Å². The van der Waals surface area contributed by atoms with Gasteiger partial charge in [-0.1, -0.05) is 32.1 Å². The summed E-state index contributed by atoms with van der Waals surface area (Å²) in [5, 5.41) is 3.02. The molecule has 0 bridgehead atoms. The fourth-order valence-electron chi connectivity index (χ4n) is 1.78. The number of nitrogens with one attached hydrogen (secondary N) is 1. The molecule has 0 fully saturated rings. The second-order valence-corrected chi connectivity index (χ2v) is 4.34. The summed E-state index contributed by atoms with van der Waals surface area (Å²) in [5.74, 6) is 5.53. The van der Waals surface area contributed by atoms with Crippen LogP contribution in [0.15, 0.2) is 18.5 Å². The highest BCUT2D eigenvalue weighted by Crippen LogP contribution is 2.05. The Bertz CT molecular complexity index is 474. The maximum Gasteiger partial charge on any atom is 0.253 e. The van der Waals surface area contributed by atoms with E-state index in [0.29, 0.717) is 17.7 Å². The molecule has 0 saturated carbocycles. The first-order valence-corrected chi connectivity index (χ1v) is 6.66. The third-order valence-electron chi connectivity index (χ3n) is 2.80. The summed E-state index contributed by atoms with van der Waals surface area (Å²) in [7, 11) is 0. The van der Waals surface area contributed by atoms with Gasteiger partial charge in [0.1, 0.15) is 0 Å². The fraction of sp³-hybridized carbons (Fsp3) is 0.467. The third-order valence-corrected chi connectivity index (χ3v) is 2.80. The standard InChI is InChI=1S/C15H21N3O/c1-3-6-14(4-2)18-15(19)13-9-12(7-5-8-16)10-17-11-13/h9-11,14H,3-4,6,8,16H2,1-2H3,(H,18,19). The molecule has 0 saturated heterocycles. The first-order valence-electron chi connectivity index (χ1n) is 6.66. The van der Waals surface area contributed by atoms with Crippen molar-refractivity contribution >= 4 is 5.91 Å². The van der Waals surface area contributed by atoms with Crippen molar-refractivity contribution in [3.63, 3.8) is 0 Å². The molecule has 1 heterocycles. The highest BCUT2D eigenvalue weighted by atomic mass is 16.1. The van der Waals surface area contributed by atoms with Crippen LogP contribution >= 0.6 is 0 Å². The summed E-state index contributed by atoms with van der Waals surface area (Å²) >= 11 is 0. The summed E-state index contributed by atoms with van der Waals surface area (Å²) in [6.45, 7) is 4.48. The predicted molar refractivity (Wildman–Crippen MR) is 76.6 cm³/mol. The van der Waals surface area contributed by atoms with Crippen LogP contribution in [0.1, 0.15) is 49.0 Å². The maximum absolute atomic E-state index is 12.1. The minimum Gasteiger partial charge on any atom is -0.349 e. The van der Waals surface area contributed by atoms with Gasteiger partial charge < -0.3 is 11.1 Å². The van der Waals surface area contributed by atoms with E-state index in [0.717, 1.165) is 19.3 Å². The summed E-state index contributed by atoms with van der Waals surface area (Å²) in [6.07, 6.45) is 6.16. The van der Waals surface area contributed by atoms with Crippen molar-refractivity contribution in [2.24, 2.45) is 5.73 Å². The lowest BCUT2D eigenvalue weighted by molar-refractivity contribution is 0.0933. The number of nitrogens with zero attached hydrogens (tertiary/aromatic N) is 1. The van der Waals surface area contributed by atoms with Crippen LogP contribution in [0.4, 0.5) is 0 Å². The van der Waals surface area contributed by atoms with Crippen molar-refractivity contribution in [1.82, 2.24) is 10.3 Å². The van der Waals surface area contributed by atoms with E-state index in [1.807, 2.05) is 0 Å². The first kappa shape index (κ1) is 15.2. The molecule has 4 heteroatoms. The van der Waals surface area contributed by atoms with E-state index in [4.69, 9.17) is 5.73 Å². The summed E-state index contributed by atoms with van der Waals surface area (Å²) < 4.78 is 0. The summed E-state index contributed by atoms with van der Waals surface area (Å²) in [4.78, 5) is 16.1. The predicted octanol–water partition coefficient (Wildman–Crippen LogP) is 1.70. The molecule has 1 aromatic heterocycles. The van der Waals surface area contributed by atoms with Crippen molar-refractivity contribution in [2.75, 3.05) is 6.54 Å². The second kappa shape index (κ2) is 8.28. The number of hydrogen-bond donors (Lipinski definition) is 2. The van der Waals surface area contributed by atoms with Crippen molar-refractivity contribution in [1.29, 1.82) is 0 Å². The van der Waals surface area contributed by atoms with E-state index in [2.05, 4.69) is 36.0 Å². The quantitative estimate of drug-likeness (QED) is 0.791. The molecule has 3 N–H and O–H groups in total. The molecule has 0 aliphatic carbocycles. The molecule has 0 radical (unpaired) electrons. The molecule has 19 heavy (non-hydrogen) atoms. The summed E-state index contributed by atoms with van der Waals surface area (Å²) in [6, 6.07) is 1.96. The topological polar surface area (TPSA) is 68.0 Å². The molecular weight excluding hydrogens is 238 g/mol. The number of nitrogens with two attached hydrogens (primary N) is 1. The fourth-order valence-corrected chi connectivity index (χ4v) is 1.78. The second-order valence-electron chi connectivity index (χ2n) is 4.34. The van der Waals surface area contributed by atoms with Gasteiger partial charge in [-0.2, -0.15) is 0 Å². The SMILES string of the molecule is CCCC(CC)NC(=O)c1cncc(C#CCN)c1. The molecule has 0 aliphatic rings.